The number of ketones is 1. The van der Waals surface area contributed by atoms with Gasteiger partial charge in [0, 0.05) is 29.3 Å². The Balaban J connectivity index is 1.38. The highest BCUT2D eigenvalue weighted by Crippen LogP contribution is 2.45. The molecule has 0 unspecified atom stereocenters. The first-order valence-electron chi connectivity index (χ1n) is 12.8. The maximum absolute atomic E-state index is 13.7. The van der Waals surface area contributed by atoms with Crippen LogP contribution < -0.4 is 14.8 Å². The molecule has 0 radical (unpaired) electrons. The smallest absolute Gasteiger partial charge is 0.336 e. The van der Waals surface area contributed by atoms with Crippen LogP contribution >= 0.6 is 0 Å². The van der Waals surface area contributed by atoms with Gasteiger partial charge in [0.05, 0.1) is 12.7 Å². The van der Waals surface area contributed by atoms with E-state index < -0.39 is 11.9 Å². The highest BCUT2D eigenvalue weighted by atomic mass is 16.6. The van der Waals surface area contributed by atoms with E-state index in [0.29, 0.717) is 29.7 Å². The Hall–Kier alpha value is -4.32. The summed E-state index contributed by atoms with van der Waals surface area (Å²) in [6, 6.07) is 27.0. The van der Waals surface area contributed by atoms with Crippen LogP contribution in [0.15, 0.2) is 107 Å². The molecule has 5 rings (SSSR count). The Morgan fingerprint density at radius 1 is 0.842 bits per heavy atom. The number of methoxy groups -OCH3 is 1. The molecule has 1 aliphatic carbocycles. The van der Waals surface area contributed by atoms with Gasteiger partial charge in [-0.25, -0.2) is 4.79 Å². The minimum Gasteiger partial charge on any atom is -0.497 e. The van der Waals surface area contributed by atoms with Crippen LogP contribution in [-0.2, 0) is 14.3 Å². The summed E-state index contributed by atoms with van der Waals surface area (Å²) >= 11 is 0. The monoisotopic (exact) mass is 509 g/mol. The molecule has 0 bridgehead atoms. The van der Waals surface area contributed by atoms with E-state index in [4.69, 9.17) is 14.2 Å². The van der Waals surface area contributed by atoms with Crippen molar-refractivity contribution in [2.75, 3.05) is 20.3 Å². The van der Waals surface area contributed by atoms with Crippen molar-refractivity contribution in [2.45, 2.75) is 31.6 Å². The van der Waals surface area contributed by atoms with Gasteiger partial charge in [-0.05, 0) is 54.7 Å². The maximum Gasteiger partial charge on any atom is 0.336 e. The fraction of sp³-hybridized carbons (Fsp3) is 0.250. The highest BCUT2D eigenvalue weighted by molar-refractivity contribution is 6.04. The Labute approximate surface area is 222 Å². The molecule has 0 fully saturated rings. The molecule has 194 valence electrons. The Kier molecular flexibility index (Phi) is 7.59. The van der Waals surface area contributed by atoms with E-state index in [1.54, 1.807) is 7.11 Å². The minimum atomic E-state index is -0.487. The van der Waals surface area contributed by atoms with E-state index in [1.165, 1.54) is 0 Å². The summed E-state index contributed by atoms with van der Waals surface area (Å²) in [4.78, 5) is 27.1. The number of carbonyl (C=O) groups is 2. The van der Waals surface area contributed by atoms with Gasteiger partial charge in [0.25, 0.3) is 0 Å². The van der Waals surface area contributed by atoms with Crippen molar-refractivity contribution in [1.82, 2.24) is 5.32 Å². The van der Waals surface area contributed by atoms with Gasteiger partial charge in [0.2, 0.25) is 0 Å². The molecule has 38 heavy (non-hydrogen) atoms. The number of hydrogen-bond acceptors (Lipinski definition) is 6. The second-order valence-corrected chi connectivity index (χ2v) is 9.50. The molecule has 0 spiro atoms. The summed E-state index contributed by atoms with van der Waals surface area (Å²) < 4.78 is 16.6. The summed E-state index contributed by atoms with van der Waals surface area (Å²) in [6.45, 7) is 2.21. The van der Waals surface area contributed by atoms with E-state index in [9.17, 15) is 9.59 Å². The summed E-state index contributed by atoms with van der Waals surface area (Å²) in [6.07, 6.45) is 1.06. The Bertz CT molecular complexity index is 1360. The fourth-order valence-electron chi connectivity index (χ4n) is 5.29. The first-order valence-corrected chi connectivity index (χ1v) is 12.8. The first-order chi connectivity index (χ1) is 18.5. The summed E-state index contributed by atoms with van der Waals surface area (Å²) in [5, 5.41) is 3.40. The first kappa shape index (κ1) is 25.3. The maximum atomic E-state index is 13.7. The highest BCUT2D eigenvalue weighted by Gasteiger charge is 2.41. The molecule has 2 aliphatic rings. The average molecular weight is 510 g/mol. The quantitative estimate of drug-likeness (QED) is 0.311. The fourth-order valence-corrected chi connectivity index (χ4v) is 5.29. The number of dihydropyridines is 1. The molecule has 2 atom stereocenters. The molecule has 1 N–H and O–H groups in total. The summed E-state index contributed by atoms with van der Waals surface area (Å²) in [7, 11) is 1.64. The van der Waals surface area contributed by atoms with Crippen LogP contribution in [0.4, 0.5) is 0 Å². The number of ether oxygens (including phenoxy) is 3. The molecule has 3 aromatic rings. The van der Waals surface area contributed by atoms with Crippen LogP contribution in [0.1, 0.15) is 42.7 Å². The third kappa shape index (κ3) is 5.35. The predicted octanol–water partition coefficient (Wildman–Crippen LogP) is 5.68. The average Bonchev–Trinajstić information content (AvgIpc) is 2.95. The molecule has 1 aliphatic heterocycles. The van der Waals surface area contributed by atoms with Gasteiger partial charge in [-0.1, -0.05) is 60.7 Å². The molecule has 0 saturated carbocycles. The number of rotatable bonds is 8. The van der Waals surface area contributed by atoms with Crippen molar-refractivity contribution in [3.8, 4) is 11.5 Å². The lowest BCUT2D eigenvalue weighted by Gasteiger charge is -2.36. The van der Waals surface area contributed by atoms with Crippen molar-refractivity contribution in [1.29, 1.82) is 0 Å². The lowest BCUT2D eigenvalue weighted by atomic mass is 9.72. The molecule has 6 heteroatoms. The van der Waals surface area contributed by atoms with E-state index in [2.05, 4.69) is 5.32 Å². The zero-order valence-corrected chi connectivity index (χ0v) is 21.6. The molecule has 0 amide bonds. The standard InChI is InChI=1S/C32H31NO5/c1-21-29(32(35)38-18-17-37-26-11-7-4-8-12-26)30(23-9-5-3-6-10-23)31-27(33-21)19-24(20-28(31)34)22-13-15-25(36-2)16-14-22/h3-16,24,30,33H,17-20H2,1-2H3/t24-,30-/m1/s1. The second-order valence-electron chi connectivity index (χ2n) is 9.50. The molecule has 1 heterocycles. The molecule has 0 aromatic heterocycles. The summed E-state index contributed by atoms with van der Waals surface area (Å²) in [5.74, 6) is 0.656. The number of esters is 1. The lowest BCUT2D eigenvalue weighted by molar-refractivity contribution is -0.140. The van der Waals surface area contributed by atoms with E-state index in [0.717, 1.165) is 28.3 Å². The van der Waals surface area contributed by atoms with Crippen LogP contribution in [0.5, 0.6) is 11.5 Å². The topological polar surface area (TPSA) is 73.9 Å². The number of nitrogens with one attached hydrogen (secondary N) is 1. The van der Waals surface area contributed by atoms with Crippen LogP contribution in [0, 0.1) is 0 Å². The van der Waals surface area contributed by atoms with E-state index >= 15 is 0 Å². The number of benzene rings is 3. The predicted molar refractivity (Wildman–Crippen MR) is 145 cm³/mol. The van der Waals surface area contributed by atoms with Crippen LogP contribution in [-0.4, -0.2) is 32.1 Å². The van der Waals surface area contributed by atoms with Crippen molar-refractivity contribution in [2.24, 2.45) is 0 Å². The van der Waals surface area contributed by atoms with Gasteiger partial charge in [-0.2, -0.15) is 0 Å². The van der Waals surface area contributed by atoms with Gasteiger partial charge in [-0.3, -0.25) is 4.79 Å². The third-order valence-electron chi connectivity index (χ3n) is 7.10. The molecular weight excluding hydrogens is 478 g/mol. The van der Waals surface area contributed by atoms with Crippen molar-refractivity contribution < 1.29 is 23.8 Å². The van der Waals surface area contributed by atoms with Gasteiger partial charge < -0.3 is 19.5 Å². The van der Waals surface area contributed by atoms with Crippen molar-refractivity contribution in [3.05, 3.63) is 119 Å². The normalized spacial score (nSPS) is 18.9. The Morgan fingerprint density at radius 2 is 1.53 bits per heavy atom. The lowest BCUT2D eigenvalue weighted by Crippen LogP contribution is -2.36. The van der Waals surface area contributed by atoms with Crippen molar-refractivity contribution >= 4 is 11.8 Å². The van der Waals surface area contributed by atoms with Gasteiger partial charge in [0.15, 0.2) is 5.78 Å². The molecular formula is C32H31NO5. The molecule has 6 nitrogen and oxygen atoms in total. The van der Waals surface area contributed by atoms with Crippen LogP contribution in [0.3, 0.4) is 0 Å². The van der Waals surface area contributed by atoms with E-state index in [1.807, 2.05) is 91.9 Å². The van der Waals surface area contributed by atoms with Gasteiger partial charge in [-0.15, -0.1) is 0 Å². The number of allylic oxidation sites excluding steroid dienone is 3. The SMILES string of the molecule is COc1ccc([C@H]2CC(=O)C3=C(C2)NC(C)=C(C(=O)OCCOc2ccccc2)[C@H]3c2ccccc2)cc1. The van der Waals surface area contributed by atoms with Gasteiger partial charge >= 0.3 is 5.97 Å². The largest absolute Gasteiger partial charge is 0.497 e. The number of para-hydroxylation sites is 1. The van der Waals surface area contributed by atoms with Crippen molar-refractivity contribution in [3.63, 3.8) is 0 Å². The zero-order chi connectivity index (χ0) is 26.5. The zero-order valence-electron chi connectivity index (χ0n) is 21.6. The van der Waals surface area contributed by atoms with Crippen LogP contribution in [0.2, 0.25) is 0 Å². The third-order valence-corrected chi connectivity index (χ3v) is 7.10. The van der Waals surface area contributed by atoms with E-state index in [-0.39, 0.29) is 24.9 Å². The minimum absolute atomic E-state index is 0.0404. The number of carbonyl (C=O) groups excluding carboxylic acids is 2. The number of hydrogen-bond donors (Lipinski definition) is 1. The number of Topliss-reactive ketones (excluding diaryl/α,β-unsaturated/α-hetero) is 1. The van der Waals surface area contributed by atoms with Crippen LogP contribution in [0.25, 0.3) is 0 Å². The summed E-state index contributed by atoms with van der Waals surface area (Å²) in [5.41, 5.74) is 4.68. The molecule has 0 saturated heterocycles. The Morgan fingerprint density at radius 3 is 2.21 bits per heavy atom. The second kappa shape index (κ2) is 11.4. The molecule has 3 aromatic carbocycles. The van der Waals surface area contributed by atoms with Gasteiger partial charge in [0.1, 0.15) is 24.7 Å².